The molecular weight excluding hydrogens is 348 g/mol. The van der Waals surface area contributed by atoms with Gasteiger partial charge in [-0.05, 0) is 0 Å². The Morgan fingerprint density at radius 2 is 0.667 bits per heavy atom. The first-order valence-corrected chi connectivity index (χ1v) is 1.85. The normalized spacial score (nSPS) is 6.67. The minimum Gasteiger partial charge on any atom is -0.412 e. The molecule has 57 valence electrons. The van der Waals surface area contributed by atoms with E-state index in [9.17, 15) is 0 Å². The Morgan fingerprint density at radius 3 is 0.667 bits per heavy atom. The van der Waals surface area contributed by atoms with Gasteiger partial charge in [-0.25, -0.2) is 18.6 Å². The van der Waals surface area contributed by atoms with Crippen molar-refractivity contribution in [2.24, 2.45) is 0 Å². The Hall–Kier alpha value is 0.945. The van der Waals surface area contributed by atoms with Crippen molar-refractivity contribution in [1.29, 1.82) is 0 Å². The quantitative estimate of drug-likeness (QED) is 0.391. The van der Waals surface area contributed by atoms with Crippen LogP contribution in [-0.4, -0.2) is 16.4 Å². The first-order chi connectivity index (χ1) is 2.00. The van der Waals surface area contributed by atoms with Gasteiger partial charge in [0.05, 0.1) is 0 Å². The first kappa shape index (κ1) is 32.5. The summed E-state index contributed by atoms with van der Waals surface area (Å²) in [6, 6.07) is 0. The monoisotopic (exact) mass is 355 g/mol. The van der Waals surface area contributed by atoms with Gasteiger partial charge >= 0.3 is 27.7 Å². The van der Waals surface area contributed by atoms with Crippen LogP contribution >= 0.6 is 0 Å². The van der Waals surface area contributed by atoms with Crippen molar-refractivity contribution < 1.29 is 73.0 Å². The second kappa shape index (κ2) is 11.7. The van der Waals surface area contributed by atoms with Crippen LogP contribution in [0.25, 0.3) is 0 Å². The van der Waals surface area contributed by atoms with E-state index in [1.54, 1.807) is 0 Å². The van der Waals surface area contributed by atoms with Gasteiger partial charge in [0.15, 0.2) is 0 Å². The minimum atomic E-state index is -4.94. The summed E-state index contributed by atoms with van der Waals surface area (Å²) in [5.74, 6) is 0. The fourth-order valence-corrected chi connectivity index (χ4v) is 0. The van der Waals surface area contributed by atoms with Crippen LogP contribution < -0.4 is 18.6 Å². The van der Waals surface area contributed by atoms with Gasteiger partial charge in [0, 0.05) is 0 Å². The average Bonchev–Trinajstić information content (AvgIpc) is 0.722. The maximum absolute atomic E-state index is 8.49. The number of halogens is 1. The van der Waals surface area contributed by atoms with Gasteiger partial charge in [0.1, 0.15) is 0 Å². The van der Waals surface area contributed by atoms with E-state index in [1.807, 2.05) is 0 Å². The van der Waals surface area contributed by atoms with Crippen LogP contribution in [0.1, 0.15) is 0 Å². The summed E-state index contributed by atoms with van der Waals surface area (Å²) in [6.45, 7) is 0. The van der Waals surface area contributed by atoms with Crippen molar-refractivity contribution in [2.45, 2.75) is 0 Å². The van der Waals surface area contributed by atoms with Gasteiger partial charge in [0.25, 0.3) is 0 Å². The van der Waals surface area contributed by atoms with E-state index in [1.165, 1.54) is 0 Å². The van der Waals surface area contributed by atoms with Crippen molar-refractivity contribution in [3.05, 3.63) is 0 Å². The Kier molecular flexibility index (Phi) is 42.3. The van der Waals surface area contributed by atoms with E-state index < -0.39 is 10.2 Å². The van der Waals surface area contributed by atoms with Crippen molar-refractivity contribution >= 4 is 0 Å². The summed E-state index contributed by atoms with van der Waals surface area (Å²) >= 11 is 0. The average molecular weight is 354 g/mol. The van der Waals surface area contributed by atoms with Crippen LogP contribution in [0.15, 0.2) is 0 Å². The Bertz CT molecular complexity index is 24.4. The molecule has 9 heteroatoms. The standard InChI is InChI=1S/ClHO4.Hg.3H2O/c2-1(3,4)5;;;;/h(H,2,3,4,5);;3*1H2/q;+1;;;/p-1. The summed E-state index contributed by atoms with van der Waals surface area (Å²) < 4.78 is 34.0. The smallest absolute Gasteiger partial charge is 0.412 e. The van der Waals surface area contributed by atoms with Crippen LogP contribution in [0, 0.1) is 10.2 Å². The van der Waals surface area contributed by atoms with Gasteiger partial charge in [0.2, 0.25) is 0 Å². The number of rotatable bonds is 0. The molecule has 0 aliphatic carbocycles. The Morgan fingerprint density at radius 1 is 0.667 bits per heavy atom. The van der Waals surface area contributed by atoms with E-state index >= 15 is 0 Å². The van der Waals surface area contributed by atoms with Gasteiger partial charge in [-0.1, -0.05) is 0 Å². The molecule has 0 saturated heterocycles. The molecule has 0 heterocycles. The fraction of sp³-hybridized carbons (Fsp3) is 0. The van der Waals surface area contributed by atoms with Crippen LogP contribution in [0.2, 0.25) is 0 Å². The summed E-state index contributed by atoms with van der Waals surface area (Å²) in [4.78, 5) is 0. The molecule has 0 rings (SSSR count). The van der Waals surface area contributed by atoms with Crippen LogP contribution in [0.3, 0.4) is 0 Å². The molecule has 0 aliphatic rings. The summed E-state index contributed by atoms with van der Waals surface area (Å²) in [6.07, 6.45) is 0. The minimum absolute atomic E-state index is 0. The maximum atomic E-state index is 8.49. The molecule has 0 bridgehead atoms. The third kappa shape index (κ3) is 483. The summed E-state index contributed by atoms with van der Waals surface area (Å²) in [5, 5.41) is 0. The molecule has 0 amide bonds. The summed E-state index contributed by atoms with van der Waals surface area (Å²) in [7, 11) is -4.94. The van der Waals surface area contributed by atoms with Crippen molar-refractivity contribution in [1.82, 2.24) is 0 Å². The zero-order chi connectivity index (χ0) is 4.50. The van der Waals surface area contributed by atoms with Gasteiger partial charge in [-0.3, -0.25) is 0 Å². The molecule has 0 aromatic heterocycles. The molecular formula is H6ClHgO7. The molecule has 0 saturated carbocycles. The second-order valence-electron chi connectivity index (χ2n) is 0.378. The molecule has 1 radical (unpaired) electrons. The zero-order valence-corrected chi connectivity index (χ0v) is 10.5. The fourth-order valence-electron chi connectivity index (χ4n) is 0. The van der Waals surface area contributed by atoms with E-state index in [-0.39, 0.29) is 44.1 Å². The zero-order valence-electron chi connectivity index (χ0n) is 4.22. The van der Waals surface area contributed by atoms with Gasteiger partial charge in [-0.15, -0.1) is 10.2 Å². The number of hydrogen-bond acceptors (Lipinski definition) is 4. The molecule has 0 fully saturated rings. The number of hydrogen-bond donors (Lipinski definition) is 0. The Balaban J connectivity index is -0.0000000133. The van der Waals surface area contributed by atoms with Crippen molar-refractivity contribution in [2.75, 3.05) is 0 Å². The van der Waals surface area contributed by atoms with Gasteiger partial charge < -0.3 is 16.4 Å². The predicted molar refractivity (Wildman–Crippen MR) is 10.8 cm³/mol. The third-order valence-electron chi connectivity index (χ3n) is 0. The van der Waals surface area contributed by atoms with E-state index in [4.69, 9.17) is 18.6 Å². The topological polar surface area (TPSA) is 187 Å². The molecule has 0 spiro atoms. The van der Waals surface area contributed by atoms with E-state index in [0.29, 0.717) is 0 Å². The van der Waals surface area contributed by atoms with Crippen molar-refractivity contribution in [3.63, 3.8) is 0 Å². The third-order valence-corrected chi connectivity index (χ3v) is 0. The molecule has 0 unspecified atom stereocenters. The van der Waals surface area contributed by atoms with E-state index in [0.717, 1.165) is 0 Å². The van der Waals surface area contributed by atoms with E-state index in [2.05, 4.69) is 0 Å². The predicted octanol–water partition coefficient (Wildman–Crippen LogP) is -7.23. The van der Waals surface area contributed by atoms with Crippen LogP contribution in [0.5, 0.6) is 0 Å². The van der Waals surface area contributed by atoms with Crippen molar-refractivity contribution in [3.8, 4) is 0 Å². The van der Waals surface area contributed by atoms with Crippen LogP contribution in [-0.2, 0) is 27.7 Å². The Labute approximate surface area is 73.1 Å². The molecule has 0 atom stereocenters. The molecule has 9 heavy (non-hydrogen) atoms. The largest absolute Gasteiger partial charge is 1.00 e. The first-order valence-electron chi connectivity index (χ1n) is 0.617. The molecule has 0 aromatic carbocycles. The molecule has 7 nitrogen and oxygen atoms in total. The maximum Gasteiger partial charge on any atom is 1.00 e. The van der Waals surface area contributed by atoms with Gasteiger partial charge in [-0.2, -0.15) is 0 Å². The SMILES string of the molecule is O.O.O.[Hg+].[O-][Cl+3]([O-])([O-])[O-]. The summed E-state index contributed by atoms with van der Waals surface area (Å²) in [5.41, 5.74) is 0. The molecule has 6 N–H and O–H groups in total. The molecule has 0 aliphatic heterocycles. The van der Waals surface area contributed by atoms with Crippen LogP contribution in [0.4, 0.5) is 0 Å². The second-order valence-corrected chi connectivity index (χ2v) is 1.13. The molecule has 0 aromatic rings.